The molecule has 0 aliphatic heterocycles. The summed E-state index contributed by atoms with van der Waals surface area (Å²) in [6.45, 7) is 0. The normalized spacial score (nSPS) is 11.0. The molecule has 0 fully saturated rings. The van der Waals surface area contributed by atoms with E-state index in [2.05, 4.69) is 15.3 Å². The Bertz CT molecular complexity index is 1190. The molecular weight excluding hydrogens is 401 g/mol. The molecule has 2 aromatic heterocycles. The monoisotopic (exact) mass is 413 g/mol. The maximum absolute atomic E-state index is 13.1. The second-order valence-electron chi connectivity index (χ2n) is 5.85. The van der Waals surface area contributed by atoms with Crippen LogP contribution in [0.4, 0.5) is 4.39 Å². The molecule has 0 atom stereocenters. The van der Waals surface area contributed by atoms with Crippen LogP contribution in [0.2, 0.25) is 5.02 Å². The van der Waals surface area contributed by atoms with Crippen molar-refractivity contribution in [1.29, 1.82) is 0 Å². The van der Waals surface area contributed by atoms with E-state index in [1.807, 2.05) is 18.2 Å². The molecule has 0 amide bonds. The van der Waals surface area contributed by atoms with Gasteiger partial charge in [0.1, 0.15) is 10.8 Å². The Hall–Kier alpha value is -2.97. The van der Waals surface area contributed by atoms with Crippen LogP contribution in [0.3, 0.4) is 0 Å². The van der Waals surface area contributed by atoms with E-state index in [0.29, 0.717) is 21.6 Å². The summed E-state index contributed by atoms with van der Waals surface area (Å²) in [6.07, 6.45) is 1.52. The number of rotatable bonds is 4. The van der Waals surface area contributed by atoms with Crippen LogP contribution in [0.15, 0.2) is 75.6 Å². The van der Waals surface area contributed by atoms with E-state index in [1.165, 1.54) is 34.8 Å². The Labute approximate surface area is 168 Å². The third-order valence-corrected chi connectivity index (χ3v) is 5.57. The zero-order chi connectivity index (χ0) is 19.7. The minimum Gasteiger partial charge on any atom is -0.305 e. The highest BCUT2D eigenvalue weighted by molar-refractivity contribution is 7.99. The van der Waals surface area contributed by atoms with Crippen molar-refractivity contribution in [3.8, 4) is 17.1 Å². The first-order valence-corrected chi connectivity index (χ1v) is 9.40. The van der Waals surface area contributed by atoms with E-state index in [0.717, 1.165) is 5.56 Å². The van der Waals surface area contributed by atoms with Gasteiger partial charge in [-0.25, -0.2) is 4.39 Å². The predicted molar refractivity (Wildman–Crippen MR) is 105 cm³/mol. The van der Waals surface area contributed by atoms with Crippen LogP contribution in [0.5, 0.6) is 0 Å². The summed E-state index contributed by atoms with van der Waals surface area (Å²) in [5.74, 6) is 0.251. The minimum absolute atomic E-state index is 0.0511. The number of halogens is 2. The van der Waals surface area contributed by atoms with Crippen molar-refractivity contribution in [3.05, 3.63) is 82.0 Å². The number of hydrogen-bond acceptors (Lipinski definition) is 5. The Morgan fingerprint density at radius 2 is 1.75 bits per heavy atom. The van der Waals surface area contributed by atoms with Gasteiger partial charge in [0.2, 0.25) is 0 Å². The lowest BCUT2D eigenvalue weighted by Gasteiger charge is -2.08. The summed E-state index contributed by atoms with van der Waals surface area (Å²) in [7, 11) is 1.79. The number of hydrogen-bond donors (Lipinski definition) is 0. The highest BCUT2D eigenvalue weighted by Crippen LogP contribution is 2.31. The third kappa shape index (κ3) is 3.44. The van der Waals surface area contributed by atoms with Gasteiger partial charge < -0.3 is 4.57 Å². The molecule has 2 heterocycles. The average molecular weight is 414 g/mol. The molecule has 0 N–H and O–H groups in total. The first-order chi connectivity index (χ1) is 13.5. The first kappa shape index (κ1) is 18.4. The molecular formula is C19H13ClFN5OS. The lowest BCUT2D eigenvalue weighted by molar-refractivity contribution is 0.628. The number of para-hydroxylation sites is 1. The van der Waals surface area contributed by atoms with Crippen LogP contribution in [-0.4, -0.2) is 24.5 Å². The standard InChI is InChI=1S/C19H13ClFN5OS/c1-25-17(12-7-9-13(21)10-8-12)23-24-19(25)28-15-11-22-26(18(27)16(15)20)14-5-3-2-4-6-14/h2-11H,1H3. The Morgan fingerprint density at radius 3 is 2.46 bits per heavy atom. The lowest BCUT2D eigenvalue weighted by atomic mass is 10.2. The van der Waals surface area contributed by atoms with Gasteiger partial charge in [-0.15, -0.1) is 10.2 Å². The second kappa shape index (κ2) is 7.57. The quantitative estimate of drug-likeness (QED) is 0.506. The van der Waals surface area contributed by atoms with Gasteiger partial charge in [-0.2, -0.15) is 9.78 Å². The molecule has 140 valence electrons. The van der Waals surface area contributed by atoms with E-state index in [9.17, 15) is 9.18 Å². The van der Waals surface area contributed by atoms with Crippen molar-refractivity contribution in [1.82, 2.24) is 24.5 Å². The SMILES string of the molecule is Cn1c(Sc2cnn(-c3ccccc3)c(=O)c2Cl)nnc1-c1ccc(F)cc1. The molecule has 6 nitrogen and oxygen atoms in total. The van der Waals surface area contributed by atoms with E-state index < -0.39 is 5.56 Å². The van der Waals surface area contributed by atoms with Crippen LogP contribution in [-0.2, 0) is 7.05 Å². The molecule has 0 bridgehead atoms. The van der Waals surface area contributed by atoms with E-state index in [-0.39, 0.29) is 10.8 Å². The lowest BCUT2D eigenvalue weighted by Crippen LogP contribution is -2.21. The van der Waals surface area contributed by atoms with Crippen molar-refractivity contribution >= 4 is 23.4 Å². The fourth-order valence-electron chi connectivity index (χ4n) is 2.59. The Balaban J connectivity index is 1.66. The van der Waals surface area contributed by atoms with Gasteiger partial charge in [0.25, 0.3) is 5.56 Å². The smallest absolute Gasteiger partial charge is 0.291 e. The van der Waals surface area contributed by atoms with Gasteiger partial charge in [0.15, 0.2) is 11.0 Å². The number of nitrogens with zero attached hydrogens (tertiary/aromatic N) is 5. The maximum Gasteiger partial charge on any atom is 0.291 e. The van der Waals surface area contributed by atoms with Crippen LogP contribution in [0.1, 0.15) is 0 Å². The molecule has 0 aliphatic carbocycles. The van der Waals surface area contributed by atoms with Gasteiger partial charge >= 0.3 is 0 Å². The van der Waals surface area contributed by atoms with Crippen LogP contribution in [0.25, 0.3) is 17.1 Å². The molecule has 0 radical (unpaired) electrons. The molecule has 28 heavy (non-hydrogen) atoms. The van der Waals surface area contributed by atoms with E-state index >= 15 is 0 Å². The first-order valence-electron chi connectivity index (χ1n) is 8.21. The van der Waals surface area contributed by atoms with Gasteiger partial charge in [0.05, 0.1) is 16.8 Å². The van der Waals surface area contributed by atoms with Gasteiger partial charge in [0, 0.05) is 12.6 Å². The topological polar surface area (TPSA) is 65.6 Å². The zero-order valence-electron chi connectivity index (χ0n) is 14.6. The minimum atomic E-state index is -0.418. The Morgan fingerprint density at radius 1 is 1.04 bits per heavy atom. The maximum atomic E-state index is 13.1. The molecule has 4 rings (SSSR count). The highest BCUT2D eigenvalue weighted by atomic mass is 35.5. The average Bonchev–Trinajstić information content (AvgIpc) is 3.07. The molecule has 0 aliphatic rings. The third-order valence-electron chi connectivity index (χ3n) is 4.03. The summed E-state index contributed by atoms with van der Waals surface area (Å²) < 4.78 is 16.1. The zero-order valence-corrected chi connectivity index (χ0v) is 16.2. The number of aromatic nitrogens is 5. The van der Waals surface area contributed by atoms with Crippen molar-refractivity contribution in [2.24, 2.45) is 7.05 Å². The van der Waals surface area contributed by atoms with Gasteiger partial charge in [-0.05, 0) is 48.2 Å². The predicted octanol–water partition coefficient (Wildman–Crippen LogP) is 3.97. The van der Waals surface area contributed by atoms with E-state index in [4.69, 9.17) is 11.6 Å². The summed E-state index contributed by atoms with van der Waals surface area (Å²) in [5.41, 5.74) is 0.939. The second-order valence-corrected chi connectivity index (χ2v) is 7.24. The molecule has 0 unspecified atom stereocenters. The summed E-state index contributed by atoms with van der Waals surface area (Å²) in [4.78, 5) is 13.1. The molecule has 4 aromatic rings. The molecule has 0 saturated carbocycles. The van der Waals surface area contributed by atoms with Crippen molar-refractivity contribution in [2.45, 2.75) is 10.1 Å². The largest absolute Gasteiger partial charge is 0.305 e. The van der Waals surface area contributed by atoms with Crippen molar-refractivity contribution in [2.75, 3.05) is 0 Å². The summed E-state index contributed by atoms with van der Waals surface area (Å²) in [5, 5.41) is 13.1. The van der Waals surface area contributed by atoms with Gasteiger partial charge in [-0.1, -0.05) is 29.8 Å². The molecule has 9 heteroatoms. The summed E-state index contributed by atoms with van der Waals surface area (Å²) in [6, 6.07) is 15.0. The molecule has 0 saturated heterocycles. The highest BCUT2D eigenvalue weighted by Gasteiger charge is 2.16. The van der Waals surface area contributed by atoms with Gasteiger partial charge in [-0.3, -0.25) is 4.79 Å². The summed E-state index contributed by atoms with van der Waals surface area (Å²) >= 11 is 7.48. The van der Waals surface area contributed by atoms with Crippen molar-refractivity contribution < 1.29 is 4.39 Å². The number of benzene rings is 2. The van der Waals surface area contributed by atoms with Crippen LogP contribution >= 0.6 is 23.4 Å². The molecule has 0 spiro atoms. The fourth-order valence-corrected chi connectivity index (χ4v) is 3.62. The Kier molecular flexibility index (Phi) is 4.97. The van der Waals surface area contributed by atoms with Crippen LogP contribution in [0, 0.1) is 5.82 Å². The van der Waals surface area contributed by atoms with Crippen LogP contribution < -0.4 is 5.56 Å². The molecule has 2 aromatic carbocycles. The van der Waals surface area contributed by atoms with E-state index in [1.54, 1.807) is 35.9 Å². The van der Waals surface area contributed by atoms with Crippen molar-refractivity contribution in [3.63, 3.8) is 0 Å². The fraction of sp³-hybridized carbons (Fsp3) is 0.0526.